The molecule has 2 aliphatic rings. The van der Waals surface area contributed by atoms with E-state index < -0.39 is 17.5 Å². The maximum Gasteiger partial charge on any atom is 0.433 e. The van der Waals surface area contributed by atoms with Gasteiger partial charge in [-0.3, -0.25) is 4.68 Å². The van der Waals surface area contributed by atoms with E-state index in [-0.39, 0.29) is 54.2 Å². The Morgan fingerprint density at radius 2 is 1.80 bits per heavy atom. The first-order chi connectivity index (χ1) is 19.3. The number of fused-ring (bicyclic) bond motifs is 1. The lowest BCUT2D eigenvalue weighted by atomic mass is 9.91. The molecule has 5 heterocycles. The zero-order valence-electron chi connectivity index (χ0n) is 23.2. The molecular weight excluding hydrogens is 538 g/mol. The number of hydrogen-bond donors (Lipinski definition) is 0. The Bertz CT molecular complexity index is 1680. The third-order valence-corrected chi connectivity index (χ3v) is 7.83. The van der Waals surface area contributed by atoms with Gasteiger partial charge in [0, 0.05) is 56.0 Å². The van der Waals surface area contributed by atoms with Gasteiger partial charge in [0.1, 0.15) is 18.1 Å². The first kappa shape index (κ1) is 27.1. The Morgan fingerprint density at radius 3 is 2.37 bits per heavy atom. The molecule has 0 amide bonds. The molecule has 1 saturated heterocycles. The number of anilines is 1. The van der Waals surface area contributed by atoms with E-state index in [0.717, 1.165) is 30.0 Å². The third-order valence-electron chi connectivity index (χ3n) is 7.83. The number of pyridine rings is 2. The average Bonchev–Trinajstić information content (AvgIpc) is 3.53. The first-order valence-electron chi connectivity index (χ1n) is 13.5. The van der Waals surface area contributed by atoms with E-state index in [9.17, 15) is 18.4 Å². The summed E-state index contributed by atoms with van der Waals surface area (Å²) in [4.78, 5) is 10.3. The molecule has 0 unspecified atom stereocenters. The SMILES string of the molecule is Cn1cnnc1C1(F)CCN(c2c(C#N)cc(C(F)(F)F)nc2-c2cnc3nn(C(C)(C)C)c(C4CC4)c3c2)CC1. The predicted molar refractivity (Wildman–Crippen MR) is 143 cm³/mol. The fourth-order valence-electron chi connectivity index (χ4n) is 5.67. The van der Waals surface area contributed by atoms with Crippen LogP contribution in [0.5, 0.6) is 0 Å². The second-order valence-electron chi connectivity index (χ2n) is 11.9. The van der Waals surface area contributed by atoms with E-state index in [2.05, 4.69) is 20.2 Å². The lowest BCUT2D eigenvalue weighted by Gasteiger charge is -2.38. The maximum absolute atomic E-state index is 15.9. The first-order valence-corrected chi connectivity index (χ1v) is 13.5. The number of nitrogens with zero attached hydrogens (tertiary/aromatic N) is 9. The Balaban J connectivity index is 1.49. The topological polar surface area (TPSA) is 101 Å². The number of aryl methyl sites for hydroxylation is 1. The number of alkyl halides is 4. The summed E-state index contributed by atoms with van der Waals surface area (Å²) < 4.78 is 61.3. The van der Waals surface area contributed by atoms with Crippen molar-refractivity contribution in [2.45, 2.75) is 69.8 Å². The van der Waals surface area contributed by atoms with Crippen molar-refractivity contribution in [2.75, 3.05) is 18.0 Å². The van der Waals surface area contributed by atoms with Gasteiger partial charge in [0.2, 0.25) is 0 Å². The zero-order valence-corrected chi connectivity index (χ0v) is 23.2. The Kier molecular flexibility index (Phi) is 6.10. The number of piperidine rings is 1. The fourth-order valence-corrected chi connectivity index (χ4v) is 5.67. The van der Waals surface area contributed by atoms with E-state index in [1.54, 1.807) is 18.0 Å². The van der Waals surface area contributed by atoms with Gasteiger partial charge < -0.3 is 9.47 Å². The van der Waals surface area contributed by atoms with Crippen LogP contribution < -0.4 is 4.90 Å². The molecular formula is C28H29F4N9. The van der Waals surface area contributed by atoms with Gasteiger partial charge in [0.25, 0.3) is 0 Å². The molecule has 4 aromatic rings. The molecule has 0 N–H and O–H groups in total. The molecule has 4 aromatic heterocycles. The monoisotopic (exact) mass is 567 g/mol. The number of halogens is 4. The highest BCUT2D eigenvalue weighted by atomic mass is 19.4. The molecule has 0 radical (unpaired) electrons. The minimum atomic E-state index is -4.77. The second-order valence-corrected chi connectivity index (χ2v) is 11.9. The summed E-state index contributed by atoms with van der Waals surface area (Å²) in [5, 5.41) is 23.2. The average molecular weight is 568 g/mol. The fraction of sp³-hybridized carbons (Fsp3) is 0.500. The van der Waals surface area contributed by atoms with Gasteiger partial charge in [-0.05, 0) is 45.7 Å². The quantitative estimate of drug-likeness (QED) is 0.296. The summed E-state index contributed by atoms with van der Waals surface area (Å²) in [5.41, 5.74) is -1.35. The molecule has 0 aromatic carbocycles. The summed E-state index contributed by atoms with van der Waals surface area (Å²) in [5.74, 6) is 0.488. The molecule has 0 spiro atoms. The largest absolute Gasteiger partial charge is 0.433 e. The Hall–Kier alpha value is -4.08. The van der Waals surface area contributed by atoms with Crippen LogP contribution in [0, 0.1) is 11.3 Å². The van der Waals surface area contributed by atoms with Crippen LogP contribution in [-0.2, 0) is 24.4 Å². The summed E-state index contributed by atoms with van der Waals surface area (Å²) in [6.45, 7) is 6.41. The van der Waals surface area contributed by atoms with Crippen molar-refractivity contribution in [3.63, 3.8) is 0 Å². The van der Waals surface area contributed by atoms with Gasteiger partial charge in [-0.25, -0.2) is 14.4 Å². The molecule has 41 heavy (non-hydrogen) atoms. The van der Waals surface area contributed by atoms with Crippen molar-refractivity contribution in [1.29, 1.82) is 5.26 Å². The number of nitriles is 1. The molecule has 1 saturated carbocycles. The van der Waals surface area contributed by atoms with Crippen molar-refractivity contribution in [2.24, 2.45) is 7.05 Å². The van der Waals surface area contributed by atoms with Crippen molar-refractivity contribution in [3.05, 3.63) is 47.4 Å². The Morgan fingerprint density at radius 1 is 1.10 bits per heavy atom. The smallest absolute Gasteiger partial charge is 0.368 e. The number of rotatable bonds is 4. The summed E-state index contributed by atoms with van der Waals surface area (Å²) >= 11 is 0. The van der Waals surface area contributed by atoms with Gasteiger partial charge >= 0.3 is 6.18 Å². The summed E-state index contributed by atoms with van der Waals surface area (Å²) in [6, 6.07) is 4.48. The van der Waals surface area contributed by atoms with Crippen LogP contribution >= 0.6 is 0 Å². The van der Waals surface area contributed by atoms with Gasteiger partial charge in [0.15, 0.2) is 17.1 Å². The van der Waals surface area contributed by atoms with E-state index in [1.807, 2.05) is 31.5 Å². The normalized spacial score (nSPS) is 17.7. The molecule has 1 aliphatic carbocycles. The van der Waals surface area contributed by atoms with Gasteiger partial charge in [-0.1, -0.05) is 0 Å². The standard InChI is InChI=1S/C28H29F4N9/c1-26(2,3)41-22(16-5-6-16)19-11-18(14-34-24(19)38-41)21-23(17(13-33)12-20(36-21)28(30,31)32)40-9-7-27(29,8-10-40)25-37-35-15-39(25)4/h11-12,14-16H,5-10H2,1-4H3. The highest BCUT2D eigenvalue weighted by Gasteiger charge is 2.42. The van der Waals surface area contributed by atoms with E-state index in [4.69, 9.17) is 5.10 Å². The van der Waals surface area contributed by atoms with E-state index in [0.29, 0.717) is 17.1 Å². The molecule has 0 atom stereocenters. The Labute approximate surface area is 233 Å². The van der Waals surface area contributed by atoms with Crippen LogP contribution in [-0.4, -0.2) is 47.6 Å². The molecule has 6 rings (SSSR count). The lowest BCUT2D eigenvalue weighted by molar-refractivity contribution is -0.141. The molecule has 1 aliphatic heterocycles. The van der Waals surface area contributed by atoms with E-state index >= 15 is 4.39 Å². The van der Waals surface area contributed by atoms with Gasteiger partial charge in [-0.2, -0.15) is 23.5 Å². The van der Waals surface area contributed by atoms with Crippen LogP contribution in [0.2, 0.25) is 0 Å². The minimum absolute atomic E-state index is 0.0129. The highest BCUT2D eigenvalue weighted by molar-refractivity contribution is 5.88. The molecule has 13 heteroatoms. The highest BCUT2D eigenvalue weighted by Crippen LogP contribution is 2.46. The minimum Gasteiger partial charge on any atom is -0.368 e. The van der Waals surface area contributed by atoms with Crippen LogP contribution in [0.4, 0.5) is 23.2 Å². The molecule has 9 nitrogen and oxygen atoms in total. The zero-order chi connectivity index (χ0) is 29.3. The van der Waals surface area contributed by atoms with Crippen LogP contribution in [0.15, 0.2) is 24.7 Å². The lowest BCUT2D eigenvalue weighted by Crippen LogP contribution is -2.42. The van der Waals surface area contributed by atoms with Crippen molar-refractivity contribution >= 4 is 16.7 Å². The maximum atomic E-state index is 15.9. The van der Waals surface area contributed by atoms with Crippen LogP contribution in [0.1, 0.15) is 75.1 Å². The molecule has 2 fully saturated rings. The third kappa shape index (κ3) is 4.69. The molecule has 214 valence electrons. The van der Waals surface area contributed by atoms with E-state index in [1.165, 1.54) is 17.1 Å². The van der Waals surface area contributed by atoms with Gasteiger partial charge in [-0.15, -0.1) is 10.2 Å². The summed E-state index contributed by atoms with van der Waals surface area (Å²) in [7, 11) is 1.66. The number of hydrogen-bond acceptors (Lipinski definition) is 7. The summed E-state index contributed by atoms with van der Waals surface area (Å²) in [6.07, 6.45) is 0.144. The second kappa shape index (κ2) is 9.22. The van der Waals surface area contributed by atoms with Crippen molar-refractivity contribution in [3.8, 4) is 17.3 Å². The van der Waals surface area contributed by atoms with Crippen molar-refractivity contribution in [1.82, 2.24) is 34.5 Å². The van der Waals surface area contributed by atoms with Gasteiger partial charge in [0.05, 0.1) is 28.2 Å². The van der Waals surface area contributed by atoms with Crippen molar-refractivity contribution < 1.29 is 17.6 Å². The molecule has 0 bridgehead atoms. The van der Waals surface area contributed by atoms with Crippen LogP contribution in [0.3, 0.4) is 0 Å². The number of aromatic nitrogens is 7. The predicted octanol–water partition coefficient (Wildman–Crippen LogP) is 5.61. The van der Waals surface area contributed by atoms with Crippen LogP contribution in [0.25, 0.3) is 22.3 Å².